The molecule has 1 aliphatic rings. The number of nitrogens with one attached hydrogen (secondary N) is 1. The third-order valence-corrected chi connectivity index (χ3v) is 6.21. The number of aliphatic imine (C=N–C) groups is 1. The van der Waals surface area contributed by atoms with Crippen LogP contribution in [-0.4, -0.2) is 28.8 Å². The highest BCUT2D eigenvalue weighted by atomic mass is 79.9. The van der Waals surface area contributed by atoms with E-state index < -0.39 is 5.25 Å². The summed E-state index contributed by atoms with van der Waals surface area (Å²) in [6.07, 6.45) is 0.138. The Hall–Kier alpha value is -1.83. The van der Waals surface area contributed by atoms with Gasteiger partial charge in [0.05, 0.1) is 5.69 Å². The number of imide groups is 1. The maximum atomic E-state index is 12.9. The summed E-state index contributed by atoms with van der Waals surface area (Å²) >= 11 is 10.8. The first-order valence-electron chi connectivity index (χ1n) is 8.75. The molecule has 2 aromatic carbocycles. The lowest BCUT2D eigenvalue weighted by Crippen LogP contribution is -2.31. The molecule has 146 valence electrons. The molecule has 5 nitrogen and oxygen atoms in total. The number of anilines is 2. The van der Waals surface area contributed by atoms with E-state index in [4.69, 9.17) is 11.6 Å². The molecule has 0 saturated carbocycles. The molecule has 0 unspecified atom stereocenters. The molecule has 0 bridgehead atoms. The van der Waals surface area contributed by atoms with Gasteiger partial charge in [-0.3, -0.25) is 14.6 Å². The lowest BCUT2D eigenvalue weighted by Gasteiger charge is -2.16. The van der Waals surface area contributed by atoms with E-state index in [1.165, 1.54) is 16.7 Å². The summed E-state index contributed by atoms with van der Waals surface area (Å²) in [6, 6.07) is 12.8. The van der Waals surface area contributed by atoms with Gasteiger partial charge >= 0.3 is 0 Å². The molecule has 1 aliphatic heterocycles. The minimum absolute atomic E-state index is 0.138. The zero-order valence-corrected chi connectivity index (χ0v) is 18.6. The fourth-order valence-electron chi connectivity index (χ4n) is 2.74. The molecule has 1 fully saturated rings. The molecular formula is C20H19BrClN3O2S. The van der Waals surface area contributed by atoms with Crippen molar-refractivity contribution in [1.29, 1.82) is 0 Å². The normalized spacial score (nSPS) is 17.4. The second kappa shape index (κ2) is 9.11. The Morgan fingerprint density at radius 3 is 2.64 bits per heavy atom. The van der Waals surface area contributed by atoms with E-state index in [9.17, 15) is 9.59 Å². The van der Waals surface area contributed by atoms with Gasteiger partial charge in [0.1, 0.15) is 5.25 Å². The predicted octanol–water partition coefficient (Wildman–Crippen LogP) is 5.26. The number of benzene rings is 2. The lowest BCUT2D eigenvalue weighted by atomic mass is 10.2. The standard InChI is InChI=1S/C20H19BrClN3O2S/c1-3-23-20(24-14-7-4-12(2)16(22)10-14)28-17-11-18(26)25(19(17)27)15-8-5-13(21)6-9-15/h4-10,17H,3,11H2,1-2H3,(H,23,24)/t17-/m1/s1. The van der Waals surface area contributed by atoms with Crippen molar-refractivity contribution >= 4 is 67.6 Å². The molecule has 2 amide bonds. The summed E-state index contributed by atoms with van der Waals surface area (Å²) < 4.78 is 0.889. The number of rotatable bonds is 4. The van der Waals surface area contributed by atoms with Crippen molar-refractivity contribution in [2.24, 2.45) is 4.99 Å². The van der Waals surface area contributed by atoms with Crippen LogP contribution in [0.3, 0.4) is 0 Å². The van der Waals surface area contributed by atoms with Crippen LogP contribution >= 0.6 is 39.3 Å². The molecule has 8 heteroatoms. The number of thioether (sulfide) groups is 1. The molecule has 1 atom stereocenters. The van der Waals surface area contributed by atoms with Crippen LogP contribution in [0.5, 0.6) is 0 Å². The second-order valence-corrected chi connectivity index (χ2v) is 8.74. The summed E-state index contributed by atoms with van der Waals surface area (Å²) in [5.41, 5.74) is 2.35. The average molecular weight is 481 g/mol. The Kier molecular flexibility index (Phi) is 6.80. The third kappa shape index (κ3) is 4.77. The monoisotopic (exact) mass is 479 g/mol. The van der Waals surface area contributed by atoms with Crippen molar-refractivity contribution in [2.75, 3.05) is 16.8 Å². The Morgan fingerprint density at radius 2 is 2.00 bits per heavy atom. The van der Waals surface area contributed by atoms with Crippen LogP contribution in [0, 0.1) is 6.92 Å². The number of carbonyl (C=O) groups is 2. The second-order valence-electron chi connectivity index (χ2n) is 6.22. The Labute approximate surface area is 181 Å². The molecule has 2 aromatic rings. The van der Waals surface area contributed by atoms with Crippen LogP contribution in [0.1, 0.15) is 18.9 Å². The fourth-order valence-corrected chi connectivity index (χ4v) is 4.26. The quantitative estimate of drug-likeness (QED) is 0.368. The van der Waals surface area contributed by atoms with Crippen molar-refractivity contribution in [1.82, 2.24) is 0 Å². The third-order valence-electron chi connectivity index (χ3n) is 4.17. The Morgan fingerprint density at radius 1 is 1.29 bits per heavy atom. The number of halogens is 2. The molecule has 0 aliphatic carbocycles. The molecule has 1 heterocycles. The van der Waals surface area contributed by atoms with E-state index >= 15 is 0 Å². The smallest absolute Gasteiger partial charge is 0.247 e. The van der Waals surface area contributed by atoms with Gasteiger partial charge < -0.3 is 5.32 Å². The molecule has 0 radical (unpaired) electrons. The van der Waals surface area contributed by atoms with Crippen LogP contribution < -0.4 is 10.2 Å². The van der Waals surface area contributed by atoms with E-state index in [2.05, 4.69) is 26.2 Å². The minimum Gasteiger partial charge on any atom is -0.335 e. The largest absolute Gasteiger partial charge is 0.335 e. The summed E-state index contributed by atoms with van der Waals surface area (Å²) in [7, 11) is 0. The minimum atomic E-state index is -0.519. The summed E-state index contributed by atoms with van der Waals surface area (Å²) in [5.74, 6) is -0.441. The lowest BCUT2D eigenvalue weighted by molar-refractivity contribution is -0.121. The molecular weight excluding hydrogens is 462 g/mol. The molecule has 3 rings (SSSR count). The number of hydrogen-bond acceptors (Lipinski definition) is 4. The SMILES string of the molecule is CCN=C(Nc1ccc(C)c(Cl)c1)S[C@@H]1CC(=O)N(c2ccc(Br)cc2)C1=O. The molecule has 1 N–H and O–H groups in total. The van der Waals surface area contributed by atoms with Crippen molar-refractivity contribution in [2.45, 2.75) is 25.5 Å². The van der Waals surface area contributed by atoms with Crippen molar-refractivity contribution in [3.05, 3.63) is 57.5 Å². The van der Waals surface area contributed by atoms with Crippen LogP contribution in [0.15, 0.2) is 51.9 Å². The number of amides is 2. The van der Waals surface area contributed by atoms with Crippen LogP contribution in [0.2, 0.25) is 5.02 Å². The van der Waals surface area contributed by atoms with Gasteiger partial charge in [-0.2, -0.15) is 0 Å². The number of nitrogens with zero attached hydrogens (tertiary/aromatic N) is 2. The van der Waals surface area contributed by atoms with Crippen molar-refractivity contribution in [3.63, 3.8) is 0 Å². The molecule has 0 spiro atoms. The maximum Gasteiger partial charge on any atom is 0.247 e. The first-order chi connectivity index (χ1) is 13.4. The fraction of sp³-hybridized carbons (Fsp3) is 0.250. The number of carbonyl (C=O) groups excluding carboxylic acids is 2. The van der Waals surface area contributed by atoms with Gasteiger partial charge in [-0.05, 0) is 55.8 Å². The van der Waals surface area contributed by atoms with Gasteiger partial charge in [0.25, 0.3) is 0 Å². The van der Waals surface area contributed by atoms with Crippen molar-refractivity contribution < 1.29 is 9.59 Å². The highest BCUT2D eigenvalue weighted by molar-refractivity contribution is 9.10. The first kappa shape index (κ1) is 20.9. The zero-order valence-electron chi connectivity index (χ0n) is 15.4. The van der Waals surface area contributed by atoms with Gasteiger partial charge in [-0.25, -0.2) is 4.90 Å². The van der Waals surface area contributed by atoms with Crippen molar-refractivity contribution in [3.8, 4) is 0 Å². The molecule has 0 aromatic heterocycles. The molecule has 1 saturated heterocycles. The predicted molar refractivity (Wildman–Crippen MR) is 120 cm³/mol. The van der Waals surface area contributed by atoms with E-state index in [0.717, 1.165) is 15.7 Å². The summed E-state index contributed by atoms with van der Waals surface area (Å²) in [5, 5.41) is 3.94. The topological polar surface area (TPSA) is 61.8 Å². The highest BCUT2D eigenvalue weighted by Crippen LogP contribution is 2.31. The van der Waals surface area contributed by atoms with E-state index in [-0.39, 0.29) is 18.2 Å². The number of amidine groups is 1. The maximum absolute atomic E-state index is 12.9. The van der Waals surface area contributed by atoms with E-state index in [1.807, 2.05) is 44.2 Å². The van der Waals surface area contributed by atoms with Crippen LogP contribution in [0.4, 0.5) is 11.4 Å². The zero-order chi connectivity index (χ0) is 20.3. The number of hydrogen-bond donors (Lipinski definition) is 1. The van der Waals surface area contributed by atoms with Gasteiger partial charge in [0.15, 0.2) is 5.17 Å². The van der Waals surface area contributed by atoms with E-state index in [0.29, 0.717) is 22.4 Å². The first-order valence-corrected chi connectivity index (χ1v) is 10.8. The van der Waals surface area contributed by atoms with Gasteiger partial charge in [0.2, 0.25) is 11.8 Å². The number of aryl methyl sites for hydroxylation is 1. The summed E-state index contributed by atoms with van der Waals surface area (Å²) in [4.78, 5) is 31.0. The van der Waals surface area contributed by atoms with E-state index in [1.54, 1.807) is 12.1 Å². The molecule has 28 heavy (non-hydrogen) atoms. The Bertz CT molecular complexity index is 934. The summed E-state index contributed by atoms with van der Waals surface area (Å²) in [6.45, 7) is 4.40. The van der Waals surface area contributed by atoms with Gasteiger partial charge in [0, 0.05) is 28.1 Å². The van der Waals surface area contributed by atoms with Crippen LogP contribution in [-0.2, 0) is 9.59 Å². The highest BCUT2D eigenvalue weighted by Gasteiger charge is 2.40. The van der Waals surface area contributed by atoms with Crippen LogP contribution in [0.25, 0.3) is 0 Å². The van der Waals surface area contributed by atoms with Gasteiger partial charge in [-0.1, -0.05) is 45.4 Å². The van der Waals surface area contributed by atoms with Gasteiger partial charge in [-0.15, -0.1) is 0 Å². The average Bonchev–Trinajstić information content (AvgIpc) is 2.93. The Balaban J connectivity index is 1.75.